The summed E-state index contributed by atoms with van der Waals surface area (Å²) >= 11 is 0. The first-order chi connectivity index (χ1) is 7.17. The van der Waals surface area contributed by atoms with E-state index in [4.69, 9.17) is 4.74 Å². The molecule has 0 aromatic heterocycles. The first-order valence-corrected chi connectivity index (χ1v) is 5.26. The number of rotatable bonds is 5. The van der Waals surface area contributed by atoms with Gasteiger partial charge in [0.2, 0.25) is 0 Å². The van der Waals surface area contributed by atoms with E-state index < -0.39 is 0 Å². The molecular formula is C12H19NO2. The maximum absolute atomic E-state index is 9.41. The Kier molecular flexibility index (Phi) is 4.43. The molecule has 84 valence electrons. The Morgan fingerprint density at radius 2 is 2.20 bits per heavy atom. The van der Waals surface area contributed by atoms with E-state index in [0.29, 0.717) is 11.8 Å². The van der Waals surface area contributed by atoms with Crippen molar-refractivity contribution in [3.8, 4) is 11.5 Å². The number of nitrogens with one attached hydrogen (secondary N) is 1. The van der Waals surface area contributed by atoms with Crippen LogP contribution in [0.4, 0.5) is 0 Å². The third kappa shape index (κ3) is 3.44. The van der Waals surface area contributed by atoms with Crippen molar-refractivity contribution in [2.45, 2.75) is 32.9 Å². The van der Waals surface area contributed by atoms with E-state index in [9.17, 15) is 5.11 Å². The van der Waals surface area contributed by atoms with Crippen LogP contribution in [0.3, 0.4) is 0 Å². The molecule has 0 aliphatic rings. The predicted molar refractivity (Wildman–Crippen MR) is 61.3 cm³/mol. The van der Waals surface area contributed by atoms with Crippen molar-refractivity contribution in [2.24, 2.45) is 0 Å². The molecule has 0 saturated heterocycles. The molecule has 0 fully saturated rings. The Hall–Kier alpha value is -1.22. The van der Waals surface area contributed by atoms with Crippen molar-refractivity contribution in [3.63, 3.8) is 0 Å². The summed E-state index contributed by atoms with van der Waals surface area (Å²) in [5.74, 6) is 0.711. The Morgan fingerprint density at radius 1 is 1.47 bits per heavy atom. The molecule has 1 aromatic rings. The van der Waals surface area contributed by atoms with Crippen LogP contribution in [-0.2, 0) is 6.54 Å². The highest BCUT2D eigenvalue weighted by atomic mass is 16.5. The highest BCUT2D eigenvalue weighted by Gasteiger charge is 2.03. The number of phenols is 1. The summed E-state index contributed by atoms with van der Waals surface area (Å²) in [6, 6.07) is 5.91. The molecule has 1 unspecified atom stereocenters. The second-order valence-corrected chi connectivity index (χ2v) is 3.70. The van der Waals surface area contributed by atoms with Gasteiger partial charge in [-0.25, -0.2) is 0 Å². The quantitative estimate of drug-likeness (QED) is 0.781. The van der Waals surface area contributed by atoms with Crippen LogP contribution in [0.1, 0.15) is 25.8 Å². The summed E-state index contributed by atoms with van der Waals surface area (Å²) in [6.07, 6.45) is 1.11. The van der Waals surface area contributed by atoms with Gasteiger partial charge in [0.25, 0.3) is 0 Å². The highest BCUT2D eigenvalue weighted by Crippen LogP contribution is 2.26. The summed E-state index contributed by atoms with van der Waals surface area (Å²) in [5.41, 5.74) is 1.12. The molecule has 1 atom stereocenters. The summed E-state index contributed by atoms with van der Waals surface area (Å²) in [6.45, 7) is 5.10. The van der Waals surface area contributed by atoms with E-state index in [1.54, 1.807) is 13.2 Å². The summed E-state index contributed by atoms with van der Waals surface area (Å²) < 4.78 is 5.04. The van der Waals surface area contributed by atoms with Gasteiger partial charge < -0.3 is 15.2 Å². The lowest BCUT2D eigenvalue weighted by molar-refractivity contribution is 0.372. The van der Waals surface area contributed by atoms with Crippen molar-refractivity contribution >= 4 is 0 Å². The average molecular weight is 209 g/mol. The lowest BCUT2D eigenvalue weighted by atomic mass is 10.2. The number of phenolic OH excluding ortho intramolecular Hbond substituents is 1. The number of benzene rings is 1. The number of hydrogen-bond donors (Lipinski definition) is 2. The summed E-state index contributed by atoms with van der Waals surface area (Å²) in [4.78, 5) is 0. The lowest BCUT2D eigenvalue weighted by Gasteiger charge is -2.12. The minimum atomic E-state index is 0.185. The largest absolute Gasteiger partial charge is 0.504 e. The predicted octanol–water partition coefficient (Wildman–Crippen LogP) is 2.29. The topological polar surface area (TPSA) is 41.5 Å². The van der Waals surface area contributed by atoms with Gasteiger partial charge in [-0.15, -0.1) is 0 Å². The van der Waals surface area contributed by atoms with Crippen molar-refractivity contribution in [1.29, 1.82) is 0 Å². The van der Waals surface area contributed by atoms with E-state index in [1.807, 2.05) is 12.1 Å². The van der Waals surface area contributed by atoms with Crippen LogP contribution >= 0.6 is 0 Å². The van der Waals surface area contributed by atoms with Crippen LogP contribution in [0.2, 0.25) is 0 Å². The van der Waals surface area contributed by atoms with Gasteiger partial charge in [0.05, 0.1) is 7.11 Å². The smallest absolute Gasteiger partial charge is 0.160 e. The molecule has 2 N–H and O–H groups in total. The minimum absolute atomic E-state index is 0.185. The van der Waals surface area contributed by atoms with Crippen LogP contribution in [0.15, 0.2) is 18.2 Å². The zero-order chi connectivity index (χ0) is 11.3. The molecule has 0 saturated carbocycles. The average Bonchev–Trinajstić information content (AvgIpc) is 2.27. The van der Waals surface area contributed by atoms with Gasteiger partial charge in [-0.3, -0.25) is 0 Å². The second-order valence-electron chi connectivity index (χ2n) is 3.70. The van der Waals surface area contributed by atoms with Gasteiger partial charge in [0, 0.05) is 12.6 Å². The highest BCUT2D eigenvalue weighted by molar-refractivity contribution is 5.41. The first kappa shape index (κ1) is 11.9. The molecule has 0 heterocycles. The van der Waals surface area contributed by atoms with E-state index in [-0.39, 0.29) is 5.75 Å². The van der Waals surface area contributed by atoms with Crippen LogP contribution < -0.4 is 10.1 Å². The van der Waals surface area contributed by atoms with Gasteiger partial charge in [-0.2, -0.15) is 0 Å². The molecule has 0 aliphatic carbocycles. The fourth-order valence-corrected chi connectivity index (χ4v) is 1.27. The Morgan fingerprint density at radius 3 is 2.80 bits per heavy atom. The summed E-state index contributed by atoms with van der Waals surface area (Å²) in [7, 11) is 1.56. The van der Waals surface area contributed by atoms with E-state index in [0.717, 1.165) is 18.5 Å². The van der Waals surface area contributed by atoms with Crippen LogP contribution in [0.5, 0.6) is 11.5 Å². The molecule has 0 radical (unpaired) electrons. The fraction of sp³-hybridized carbons (Fsp3) is 0.500. The van der Waals surface area contributed by atoms with Crippen molar-refractivity contribution in [2.75, 3.05) is 7.11 Å². The molecule has 1 aromatic carbocycles. The zero-order valence-electron chi connectivity index (χ0n) is 9.58. The van der Waals surface area contributed by atoms with E-state index in [2.05, 4.69) is 19.2 Å². The van der Waals surface area contributed by atoms with Gasteiger partial charge >= 0.3 is 0 Å². The summed E-state index contributed by atoms with van der Waals surface area (Å²) in [5, 5.41) is 12.8. The number of ether oxygens (including phenoxy) is 1. The number of hydrogen-bond acceptors (Lipinski definition) is 3. The Labute approximate surface area is 91.1 Å². The van der Waals surface area contributed by atoms with E-state index in [1.165, 1.54) is 0 Å². The Balaban J connectivity index is 2.62. The molecule has 3 heteroatoms. The van der Waals surface area contributed by atoms with Gasteiger partial charge in [-0.1, -0.05) is 13.0 Å². The normalized spacial score (nSPS) is 12.5. The van der Waals surface area contributed by atoms with Crippen molar-refractivity contribution in [1.82, 2.24) is 5.32 Å². The number of aromatic hydroxyl groups is 1. The standard InChI is InChI=1S/C12H19NO2/c1-4-9(2)13-8-10-5-6-11(14)12(7-10)15-3/h5-7,9,13-14H,4,8H2,1-3H3. The molecule has 0 bridgehead atoms. The molecule has 0 amide bonds. The van der Waals surface area contributed by atoms with Gasteiger partial charge in [0.1, 0.15) is 0 Å². The third-order valence-corrected chi connectivity index (χ3v) is 2.51. The molecule has 0 aliphatic heterocycles. The van der Waals surface area contributed by atoms with Crippen LogP contribution in [-0.4, -0.2) is 18.3 Å². The molecule has 3 nitrogen and oxygen atoms in total. The maximum atomic E-state index is 9.41. The Bertz CT molecular complexity index is 312. The minimum Gasteiger partial charge on any atom is -0.504 e. The monoisotopic (exact) mass is 209 g/mol. The van der Waals surface area contributed by atoms with Crippen molar-refractivity contribution < 1.29 is 9.84 Å². The zero-order valence-corrected chi connectivity index (χ0v) is 9.58. The van der Waals surface area contributed by atoms with Crippen molar-refractivity contribution in [3.05, 3.63) is 23.8 Å². The maximum Gasteiger partial charge on any atom is 0.160 e. The van der Waals surface area contributed by atoms with Gasteiger partial charge in [0.15, 0.2) is 11.5 Å². The van der Waals surface area contributed by atoms with Crippen LogP contribution in [0.25, 0.3) is 0 Å². The molecular weight excluding hydrogens is 190 g/mol. The molecule has 0 spiro atoms. The first-order valence-electron chi connectivity index (χ1n) is 5.26. The SMILES string of the molecule is CCC(C)NCc1ccc(O)c(OC)c1. The third-order valence-electron chi connectivity index (χ3n) is 2.51. The lowest BCUT2D eigenvalue weighted by Crippen LogP contribution is -2.24. The number of methoxy groups -OCH3 is 1. The van der Waals surface area contributed by atoms with Crippen LogP contribution in [0, 0.1) is 0 Å². The van der Waals surface area contributed by atoms with Gasteiger partial charge in [-0.05, 0) is 31.0 Å². The molecule has 15 heavy (non-hydrogen) atoms. The molecule has 1 rings (SSSR count). The fourth-order valence-electron chi connectivity index (χ4n) is 1.27. The van der Waals surface area contributed by atoms with E-state index >= 15 is 0 Å². The second kappa shape index (κ2) is 5.61.